The average molecular weight is 512 g/mol. The van der Waals surface area contributed by atoms with Crippen LogP contribution in [-0.4, -0.2) is 36.4 Å². The van der Waals surface area contributed by atoms with Gasteiger partial charge in [-0.2, -0.15) is 4.31 Å². The lowest BCUT2D eigenvalue weighted by Gasteiger charge is -2.23. The zero-order valence-electron chi connectivity index (χ0n) is 18.9. The van der Waals surface area contributed by atoms with E-state index < -0.39 is 33.7 Å². The van der Waals surface area contributed by atoms with Crippen LogP contribution in [0, 0.1) is 5.92 Å². The van der Waals surface area contributed by atoms with E-state index in [-0.39, 0.29) is 34.9 Å². The summed E-state index contributed by atoms with van der Waals surface area (Å²) in [6, 6.07) is 5.24. The second-order valence-corrected chi connectivity index (χ2v) is 10.3. The fourth-order valence-corrected chi connectivity index (χ4v) is 5.72. The van der Waals surface area contributed by atoms with Gasteiger partial charge in [0.05, 0.1) is 4.90 Å². The van der Waals surface area contributed by atoms with Crippen molar-refractivity contribution in [3.8, 4) is 0 Å². The Bertz CT molecular complexity index is 1140. The fourth-order valence-electron chi connectivity index (χ4n) is 3.86. The van der Waals surface area contributed by atoms with E-state index in [0.717, 1.165) is 12.2 Å². The van der Waals surface area contributed by atoms with Crippen LogP contribution >= 0.6 is 11.6 Å². The molecule has 1 aromatic carbocycles. The molecule has 1 saturated heterocycles. The summed E-state index contributed by atoms with van der Waals surface area (Å²) >= 11 is 6.01. The Hall–Kier alpha value is -2.55. The summed E-state index contributed by atoms with van der Waals surface area (Å²) in [4.78, 5) is 10.9. The maximum absolute atomic E-state index is 14.4. The van der Waals surface area contributed by atoms with E-state index in [0.29, 0.717) is 24.3 Å². The second kappa shape index (κ2) is 12.2. The van der Waals surface area contributed by atoms with Crippen molar-refractivity contribution in [3.05, 3.63) is 84.0 Å². The highest BCUT2D eigenvalue weighted by molar-refractivity contribution is 7.89. The largest absolute Gasteiger partial charge is 0.481 e. The average Bonchev–Trinajstić information content (AvgIpc) is 3.24. The molecule has 0 bridgehead atoms. The smallest absolute Gasteiger partial charge is 0.303 e. The first-order valence-electron chi connectivity index (χ1n) is 10.7. The minimum atomic E-state index is -4.01. The van der Waals surface area contributed by atoms with E-state index in [1.165, 1.54) is 41.6 Å². The van der Waals surface area contributed by atoms with Crippen molar-refractivity contribution in [1.29, 1.82) is 0 Å². The summed E-state index contributed by atoms with van der Waals surface area (Å²) in [5.74, 6) is -3.28. The van der Waals surface area contributed by atoms with Gasteiger partial charge < -0.3 is 5.11 Å². The number of benzene rings is 1. The molecule has 184 valence electrons. The van der Waals surface area contributed by atoms with E-state index in [1.807, 2.05) is 0 Å². The summed E-state index contributed by atoms with van der Waals surface area (Å²) in [5.41, 5.74) is 0.171. The summed E-state index contributed by atoms with van der Waals surface area (Å²) < 4.78 is 56.7. The van der Waals surface area contributed by atoms with Crippen LogP contribution in [0.1, 0.15) is 38.2 Å². The first-order chi connectivity index (χ1) is 16.0. The van der Waals surface area contributed by atoms with E-state index in [4.69, 9.17) is 16.7 Å². The van der Waals surface area contributed by atoms with Crippen LogP contribution in [0.5, 0.6) is 0 Å². The maximum Gasteiger partial charge on any atom is 0.303 e. The lowest BCUT2D eigenvalue weighted by atomic mass is 9.99. The van der Waals surface area contributed by atoms with Gasteiger partial charge in [0.2, 0.25) is 10.0 Å². The van der Waals surface area contributed by atoms with E-state index >= 15 is 0 Å². The standard InChI is InChI=1S/C25H28ClF2NO4S/c1-4-7-23(27)25(28)17(3)19-8-6-9-22(15-19)34(32,33)29-16-18(10-13-24(30)31)14-21(29)12-11-20(26)5-2/h4-9,11,15,18,21H,1-2,10,12-14,16H2,3H3,(H,30,31)/b20-11+,23-7+,25-17-. The van der Waals surface area contributed by atoms with Crippen LogP contribution in [-0.2, 0) is 14.8 Å². The van der Waals surface area contributed by atoms with Gasteiger partial charge in [0.25, 0.3) is 0 Å². The number of hydrogen-bond donors (Lipinski definition) is 1. The Morgan fingerprint density at radius 2 is 2.03 bits per heavy atom. The molecule has 1 aromatic rings. The predicted molar refractivity (Wildman–Crippen MR) is 131 cm³/mol. The molecule has 34 heavy (non-hydrogen) atoms. The topological polar surface area (TPSA) is 74.7 Å². The highest BCUT2D eigenvalue weighted by Gasteiger charge is 2.39. The third-order valence-corrected chi connectivity index (χ3v) is 7.90. The predicted octanol–water partition coefficient (Wildman–Crippen LogP) is 6.37. The van der Waals surface area contributed by atoms with Gasteiger partial charge in [0.1, 0.15) is 0 Å². The quantitative estimate of drug-likeness (QED) is 0.350. The third kappa shape index (κ3) is 6.98. The molecule has 2 atom stereocenters. The number of carboxylic acids is 1. The number of aliphatic carboxylic acids is 1. The highest BCUT2D eigenvalue weighted by Crippen LogP contribution is 2.35. The Kier molecular flexibility index (Phi) is 9.97. The summed E-state index contributed by atoms with van der Waals surface area (Å²) in [5, 5.41) is 9.40. The van der Waals surface area contributed by atoms with Crippen LogP contribution in [0.4, 0.5) is 8.78 Å². The van der Waals surface area contributed by atoms with Gasteiger partial charge in [0.15, 0.2) is 11.7 Å². The number of nitrogens with zero attached hydrogens (tertiary/aromatic N) is 1. The first kappa shape index (κ1) is 27.7. The lowest BCUT2D eigenvalue weighted by molar-refractivity contribution is -0.137. The van der Waals surface area contributed by atoms with Gasteiger partial charge in [-0.1, -0.05) is 55.1 Å². The van der Waals surface area contributed by atoms with Crippen molar-refractivity contribution in [2.75, 3.05) is 6.54 Å². The number of carbonyl (C=O) groups is 1. The van der Waals surface area contributed by atoms with Crippen molar-refractivity contribution in [1.82, 2.24) is 4.31 Å². The molecule has 1 aliphatic rings. The molecule has 2 rings (SSSR count). The molecule has 1 N–H and O–H groups in total. The lowest BCUT2D eigenvalue weighted by Crippen LogP contribution is -2.35. The Morgan fingerprint density at radius 1 is 1.32 bits per heavy atom. The van der Waals surface area contributed by atoms with Crippen molar-refractivity contribution in [2.24, 2.45) is 5.92 Å². The molecule has 1 aliphatic heterocycles. The molecule has 1 heterocycles. The highest BCUT2D eigenvalue weighted by atomic mass is 35.5. The second-order valence-electron chi connectivity index (χ2n) is 8.01. The molecule has 0 aliphatic carbocycles. The van der Waals surface area contributed by atoms with Crippen molar-refractivity contribution >= 4 is 33.2 Å². The van der Waals surface area contributed by atoms with Gasteiger partial charge in [-0.05, 0) is 61.4 Å². The van der Waals surface area contributed by atoms with Crippen LogP contribution in [0.15, 0.2) is 83.3 Å². The third-order valence-electron chi connectivity index (χ3n) is 5.67. The molecule has 1 fully saturated rings. The monoisotopic (exact) mass is 511 g/mol. The van der Waals surface area contributed by atoms with Gasteiger partial charge in [-0.15, -0.1) is 0 Å². The zero-order valence-corrected chi connectivity index (χ0v) is 20.5. The van der Waals surface area contributed by atoms with Crippen molar-refractivity contribution in [2.45, 2.75) is 43.5 Å². The molecule has 0 spiro atoms. The number of rotatable bonds is 11. The molecule has 0 radical (unpaired) electrons. The minimum absolute atomic E-state index is 0.0503. The summed E-state index contributed by atoms with van der Waals surface area (Å²) in [7, 11) is -4.01. The maximum atomic E-state index is 14.4. The normalized spacial score (nSPS) is 20.7. The number of halogens is 3. The van der Waals surface area contributed by atoms with Gasteiger partial charge >= 0.3 is 5.97 Å². The van der Waals surface area contributed by atoms with Crippen LogP contribution in [0.25, 0.3) is 5.57 Å². The van der Waals surface area contributed by atoms with Gasteiger partial charge in [-0.25, -0.2) is 17.2 Å². The molecule has 2 unspecified atom stereocenters. The van der Waals surface area contributed by atoms with E-state index in [2.05, 4.69) is 13.2 Å². The molecule has 0 saturated carbocycles. The molecular formula is C25H28ClF2NO4S. The molecular weight excluding hydrogens is 484 g/mol. The molecule has 0 aromatic heterocycles. The number of hydrogen-bond acceptors (Lipinski definition) is 3. The molecule has 0 amide bonds. The zero-order chi connectivity index (χ0) is 25.5. The number of carboxylic acid groups (broad SMARTS) is 1. The Morgan fingerprint density at radius 3 is 2.65 bits per heavy atom. The molecule has 5 nitrogen and oxygen atoms in total. The van der Waals surface area contributed by atoms with Crippen molar-refractivity contribution < 1.29 is 27.1 Å². The number of sulfonamides is 1. The van der Waals surface area contributed by atoms with Crippen LogP contribution < -0.4 is 0 Å². The summed E-state index contributed by atoms with van der Waals surface area (Å²) in [6.07, 6.45) is 6.22. The first-order valence-corrected chi connectivity index (χ1v) is 12.5. The number of allylic oxidation sites excluding steroid dienone is 7. The Balaban J connectivity index is 2.42. The summed E-state index contributed by atoms with van der Waals surface area (Å²) in [6.45, 7) is 8.43. The van der Waals surface area contributed by atoms with E-state index in [1.54, 1.807) is 6.08 Å². The minimum Gasteiger partial charge on any atom is -0.481 e. The SMILES string of the molecule is C=C/C=C(F)\C(F)=C(/C)c1cccc(S(=O)(=O)N2CC(CCC(=O)O)CC2C/C=C(/Cl)C=C)c1. The molecule has 9 heteroatoms. The van der Waals surface area contributed by atoms with Gasteiger partial charge in [-0.3, -0.25) is 4.79 Å². The van der Waals surface area contributed by atoms with Crippen LogP contribution in [0.3, 0.4) is 0 Å². The Labute approximate surface area is 204 Å². The van der Waals surface area contributed by atoms with Crippen LogP contribution in [0.2, 0.25) is 0 Å². The van der Waals surface area contributed by atoms with E-state index in [9.17, 15) is 22.0 Å². The van der Waals surface area contributed by atoms with Gasteiger partial charge in [0, 0.05) is 24.0 Å². The van der Waals surface area contributed by atoms with Crippen molar-refractivity contribution in [3.63, 3.8) is 0 Å². The fraction of sp³-hybridized carbons (Fsp3) is 0.320.